The van der Waals surface area contributed by atoms with Gasteiger partial charge in [0.1, 0.15) is 12.7 Å². The third-order valence-corrected chi connectivity index (χ3v) is 10.2. The lowest BCUT2D eigenvalue weighted by Crippen LogP contribution is -2.29. The molecule has 0 bridgehead atoms. The quantitative estimate of drug-likeness (QED) is 0.0314. The Bertz CT molecular complexity index is 827. The minimum absolute atomic E-state index is 0.192. The largest absolute Gasteiger partial charge is 0.472 e. The fourth-order valence-corrected chi connectivity index (χ4v) is 6.78. The van der Waals surface area contributed by atoms with E-state index in [1.54, 1.807) is 0 Å². The van der Waals surface area contributed by atoms with Crippen LogP contribution in [0.2, 0.25) is 0 Å². The van der Waals surface area contributed by atoms with E-state index in [4.69, 9.17) is 19.1 Å². The van der Waals surface area contributed by atoms with Gasteiger partial charge >= 0.3 is 19.8 Å². The number of hydrogen-bond donors (Lipinski definition) is 3. The normalized spacial score (nSPS) is 13.9. The third-order valence-electron chi connectivity index (χ3n) is 9.26. The van der Waals surface area contributed by atoms with Crippen LogP contribution in [0.25, 0.3) is 0 Å². The van der Waals surface area contributed by atoms with Crippen molar-refractivity contribution in [2.75, 3.05) is 26.4 Å². The Morgan fingerprint density at radius 3 is 1.22 bits per heavy atom. The first-order valence-electron chi connectivity index (χ1n) is 21.0. The van der Waals surface area contributed by atoms with E-state index >= 15 is 0 Å². The molecule has 0 aromatic rings. The zero-order valence-corrected chi connectivity index (χ0v) is 33.7. The van der Waals surface area contributed by atoms with E-state index in [-0.39, 0.29) is 19.4 Å². The highest BCUT2D eigenvalue weighted by molar-refractivity contribution is 7.47. The number of aliphatic hydroxyl groups is 2. The van der Waals surface area contributed by atoms with Gasteiger partial charge in [0.05, 0.1) is 19.8 Å². The molecule has 0 aliphatic heterocycles. The first-order valence-corrected chi connectivity index (χ1v) is 22.5. The van der Waals surface area contributed by atoms with Gasteiger partial charge in [-0.1, -0.05) is 181 Å². The second-order valence-electron chi connectivity index (χ2n) is 14.4. The van der Waals surface area contributed by atoms with Crippen LogP contribution >= 0.6 is 7.82 Å². The van der Waals surface area contributed by atoms with Crippen LogP contribution in [0, 0.1) is 0 Å². The molecule has 0 amide bonds. The highest BCUT2D eigenvalue weighted by Crippen LogP contribution is 2.43. The van der Waals surface area contributed by atoms with Gasteiger partial charge in [-0.2, -0.15) is 0 Å². The number of unbranched alkanes of at least 4 members (excludes halogenated alkanes) is 26. The van der Waals surface area contributed by atoms with Gasteiger partial charge in [0.25, 0.3) is 0 Å². The average molecular weight is 751 g/mol. The maximum atomic E-state index is 12.6. The summed E-state index contributed by atoms with van der Waals surface area (Å²) in [5, 5.41) is 18.3. The molecule has 11 heteroatoms. The van der Waals surface area contributed by atoms with Gasteiger partial charge in [-0.3, -0.25) is 18.6 Å². The van der Waals surface area contributed by atoms with Gasteiger partial charge < -0.3 is 24.6 Å². The minimum atomic E-state index is -4.60. The molecule has 1 unspecified atom stereocenters. The molecule has 0 fully saturated rings. The maximum Gasteiger partial charge on any atom is 0.472 e. The van der Waals surface area contributed by atoms with Crippen molar-refractivity contribution in [2.45, 2.75) is 219 Å². The first kappa shape index (κ1) is 50.0. The van der Waals surface area contributed by atoms with E-state index in [1.807, 2.05) is 0 Å². The molecule has 3 atom stereocenters. The molecule has 51 heavy (non-hydrogen) atoms. The number of rotatable bonds is 40. The summed E-state index contributed by atoms with van der Waals surface area (Å²) in [4.78, 5) is 34.9. The second kappa shape index (κ2) is 37.3. The molecule has 10 nitrogen and oxygen atoms in total. The van der Waals surface area contributed by atoms with Crippen LogP contribution in [0.15, 0.2) is 0 Å². The van der Waals surface area contributed by atoms with Gasteiger partial charge in [-0.05, 0) is 12.8 Å². The van der Waals surface area contributed by atoms with Crippen molar-refractivity contribution < 1.29 is 47.8 Å². The molecule has 0 radical (unpaired) electrons. The Labute approximate surface area is 312 Å². The lowest BCUT2D eigenvalue weighted by molar-refractivity contribution is -0.161. The van der Waals surface area contributed by atoms with Crippen molar-refractivity contribution >= 4 is 19.8 Å². The van der Waals surface area contributed by atoms with Crippen LogP contribution < -0.4 is 0 Å². The number of esters is 2. The minimum Gasteiger partial charge on any atom is -0.462 e. The molecule has 0 aromatic heterocycles. The summed E-state index contributed by atoms with van der Waals surface area (Å²) in [5.74, 6) is -0.911. The van der Waals surface area contributed by atoms with Crippen molar-refractivity contribution in [1.82, 2.24) is 0 Å². The summed E-state index contributed by atoms with van der Waals surface area (Å²) in [6.45, 7) is 2.41. The topological polar surface area (TPSA) is 149 Å². The van der Waals surface area contributed by atoms with Gasteiger partial charge in [-0.15, -0.1) is 0 Å². The molecule has 0 saturated carbocycles. The zero-order chi connectivity index (χ0) is 37.7. The van der Waals surface area contributed by atoms with Crippen LogP contribution in [0.3, 0.4) is 0 Å². The van der Waals surface area contributed by atoms with E-state index in [9.17, 15) is 24.2 Å². The lowest BCUT2D eigenvalue weighted by Gasteiger charge is -2.20. The smallest absolute Gasteiger partial charge is 0.462 e. The number of phosphoric acid groups is 1. The van der Waals surface area contributed by atoms with Crippen LogP contribution in [-0.2, 0) is 32.7 Å². The summed E-state index contributed by atoms with van der Waals surface area (Å²) in [6, 6.07) is 0. The lowest BCUT2D eigenvalue weighted by atomic mass is 10.0. The number of carbonyl (C=O) groups excluding carboxylic acids is 2. The number of aliphatic hydroxyl groups excluding tert-OH is 2. The highest BCUT2D eigenvalue weighted by Gasteiger charge is 2.27. The Morgan fingerprint density at radius 2 is 0.843 bits per heavy atom. The second-order valence-corrected chi connectivity index (χ2v) is 15.8. The van der Waals surface area contributed by atoms with Crippen LogP contribution in [0.4, 0.5) is 0 Å². The zero-order valence-electron chi connectivity index (χ0n) is 32.8. The molecular weight excluding hydrogens is 671 g/mol. The molecule has 0 rings (SSSR count). The van der Waals surface area contributed by atoms with Gasteiger partial charge in [0.15, 0.2) is 6.10 Å². The summed E-state index contributed by atoms with van der Waals surface area (Å²) in [7, 11) is -4.60. The van der Waals surface area contributed by atoms with E-state index in [0.717, 1.165) is 32.1 Å². The molecule has 0 aliphatic carbocycles. The van der Waals surface area contributed by atoms with Crippen LogP contribution in [0.1, 0.15) is 206 Å². The van der Waals surface area contributed by atoms with Crippen LogP contribution in [-0.4, -0.2) is 65.7 Å². The van der Waals surface area contributed by atoms with E-state index in [2.05, 4.69) is 18.4 Å². The van der Waals surface area contributed by atoms with Crippen molar-refractivity contribution in [3.05, 3.63) is 0 Å². The van der Waals surface area contributed by atoms with E-state index in [1.165, 1.54) is 135 Å². The molecule has 304 valence electrons. The van der Waals surface area contributed by atoms with E-state index in [0.29, 0.717) is 12.8 Å². The molecule has 0 saturated heterocycles. The van der Waals surface area contributed by atoms with Gasteiger partial charge in [-0.25, -0.2) is 4.57 Å². The predicted molar refractivity (Wildman–Crippen MR) is 206 cm³/mol. The van der Waals surface area contributed by atoms with Gasteiger partial charge in [0.2, 0.25) is 0 Å². The monoisotopic (exact) mass is 751 g/mol. The fraction of sp³-hybridized carbons (Fsp3) is 0.950. The summed E-state index contributed by atoms with van der Waals surface area (Å²) < 4.78 is 32.7. The number of hydrogen-bond acceptors (Lipinski definition) is 9. The summed E-state index contributed by atoms with van der Waals surface area (Å²) >= 11 is 0. The Morgan fingerprint density at radius 1 is 0.510 bits per heavy atom. The maximum absolute atomic E-state index is 12.6. The molecular formula is C40H79O10P. The fourth-order valence-electron chi connectivity index (χ4n) is 5.99. The van der Waals surface area contributed by atoms with Crippen molar-refractivity contribution in [2.24, 2.45) is 0 Å². The van der Waals surface area contributed by atoms with Crippen molar-refractivity contribution in [3.8, 4) is 0 Å². The Balaban J connectivity index is 4.28. The number of ether oxygens (including phenoxy) is 2. The van der Waals surface area contributed by atoms with Crippen molar-refractivity contribution in [3.63, 3.8) is 0 Å². The SMILES string of the molecule is CCCCCCCCCCCCCCCCC(=O)OC[C@H](COP(=O)(O)OC[C@H](O)CO)OC(=O)CCCCCCCCCCCCCCCC. The molecule has 3 N–H and O–H groups in total. The van der Waals surface area contributed by atoms with E-state index < -0.39 is 51.8 Å². The Hall–Kier alpha value is -1.03. The average Bonchev–Trinajstić information content (AvgIpc) is 3.12. The molecule has 0 spiro atoms. The standard InChI is InChI=1S/C40H79O10P/c1-3-5-7-9-11-13-15-17-19-21-23-25-27-29-31-39(43)47-35-38(36-49-51(45,46)48-34-37(42)33-41)50-40(44)32-30-28-26-24-22-20-18-16-14-12-10-8-6-4-2/h37-38,41-42H,3-36H2,1-2H3,(H,45,46)/t37-,38-/m1/s1. The predicted octanol–water partition coefficient (Wildman–Crippen LogP) is 10.7. The highest BCUT2D eigenvalue weighted by atomic mass is 31.2. The van der Waals surface area contributed by atoms with Crippen molar-refractivity contribution in [1.29, 1.82) is 0 Å². The summed E-state index contributed by atoms with van der Waals surface area (Å²) in [5.41, 5.74) is 0. The molecule has 0 aliphatic rings. The molecule has 0 aromatic carbocycles. The summed E-state index contributed by atoms with van der Waals surface area (Å²) in [6.07, 6.45) is 32.1. The number of phosphoric ester groups is 1. The number of carbonyl (C=O) groups is 2. The first-order chi connectivity index (χ1) is 24.7. The third kappa shape index (κ3) is 37.1. The van der Waals surface area contributed by atoms with Crippen LogP contribution in [0.5, 0.6) is 0 Å². The molecule has 0 heterocycles. The Kier molecular flexibility index (Phi) is 36.5. The van der Waals surface area contributed by atoms with Gasteiger partial charge in [0, 0.05) is 12.8 Å².